The number of rotatable bonds is 5. The Morgan fingerprint density at radius 2 is 1.97 bits per heavy atom. The topological polar surface area (TPSA) is 112 Å². The first-order valence-corrected chi connectivity index (χ1v) is 12.7. The number of hydrogen-bond donors (Lipinski definition) is 3. The molecule has 0 radical (unpaired) electrons. The van der Waals surface area contributed by atoms with Gasteiger partial charge in [-0.25, -0.2) is 13.1 Å². The van der Waals surface area contributed by atoms with E-state index >= 15 is 0 Å². The van der Waals surface area contributed by atoms with Gasteiger partial charge in [0.05, 0.1) is 24.2 Å². The Morgan fingerprint density at radius 1 is 1.24 bits per heavy atom. The Morgan fingerprint density at radius 3 is 2.65 bits per heavy atom. The lowest BCUT2D eigenvalue weighted by molar-refractivity contribution is -0.114. The van der Waals surface area contributed by atoms with Crippen LogP contribution in [0.5, 0.6) is 0 Å². The van der Waals surface area contributed by atoms with E-state index in [1.807, 2.05) is 36.4 Å². The second kappa shape index (κ2) is 9.48. The lowest BCUT2D eigenvalue weighted by Crippen LogP contribution is -2.35. The van der Waals surface area contributed by atoms with Crippen molar-refractivity contribution in [1.29, 1.82) is 5.41 Å². The number of amides is 1. The second-order valence-electron chi connectivity index (χ2n) is 7.92. The van der Waals surface area contributed by atoms with Crippen LogP contribution in [0.2, 0.25) is 5.02 Å². The Bertz CT molecular complexity index is 1370. The Labute approximate surface area is 203 Å². The third-order valence-corrected chi connectivity index (χ3v) is 6.29. The third kappa shape index (κ3) is 5.24. The van der Waals surface area contributed by atoms with Crippen molar-refractivity contribution >= 4 is 38.9 Å². The molecule has 0 aromatic heterocycles. The summed E-state index contributed by atoms with van der Waals surface area (Å²) in [6.07, 6.45) is 2.56. The minimum Gasteiger partial charge on any atom is -0.476 e. The van der Waals surface area contributed by atoms with Crippen LogP contribution < -0.4 is 14.9 Å². The van der Waals surface area contributed by atoms with Gasteiger partial charge in [-0.05, 0) is 36.2 Å². The number of allylic oxidation sites excluding steroid dienone is 1. The van der Waals surface area contributed by atoms with Crippen molar-refractivity contribution in [3.63, 3.8) is 0 Å². The lowest BCUT2D eigenvalue weighted by atomic mass is 10.0. The van der Waals surface area contributed by atoms with Crippen LogP contribution in [0.3, 0.4) is 0 Å². The number of benzene rings is 2. The molecule has 0 unspecified atom stereocenters. The summed E-state index contributed by atoms with van der Waals surface area (Å²) < 4.78 is 30.8. The van der Waals surface area contributed by atoms with Crippen LogP contribution in [0.1, 0.15) is 12.5 Å². The Balaban J connectivity index is 1.57. The monoisotopic (exact) mass is 498 g/mol. The molecule has 0 atom stereocenters. The predicted molar refractivity (Wildman–Crippen MR) is 132 cm³/mol. The van der Waals surface area contributed by atoms with Gasteiger partial charge in [-0.3, -0.25) is 10.2 Å². The largest absolute Gasteiger partial charge is 0.476 e. The van der Waals surface area contributed by atoms with Gasteiger partial charge in [0.2, 0.25) is 15.9 Å². The van der Waals surface area contributed by atoms with E-state index < -0.39 is 10.0 Å². The summed E-state index contributed by atoms with van der Waals surface area (Å²) in [5.41, 5.74) is 6.81. The first-order chi connectivity index (χ1) is 16.1. The number of sulfonamides is 1. The highest BCUT2D eigenvalue weighted by Crippen LogP contribution is 2.31. The zero-order valence-electron chi connectivity index (χ0n) is 18.6. The standard InChI is InChI=1S/C24H23ClN4O4S/c1-15-3-10-21(26)22-23(28-15)33-12-11-29(24(22)30)18-7-5-17(6-8-18)19-9-4-16(13-20(19)25)14-27-34(2,31)32/h4-10,13,26-28H,11-12,14H2,1-2H3. The van der Waals surface area contributed by atoms with E-state index in [0.717, 1.165) is 22.9 Å². The van der Waals surface area contributed by atoms with Crippen molar-refractivity contribution in [2.45, 2.75) is 13.5 Å². The predicted octanol–water partition coefficient (Wildman–Crippen LogP) is 3.31. The molecule has 2 aliphatic heterocycles. The van der Waals surface area contributed by atoms with Crippen molar-refractivity contribution in [2.75, 3.05) is 24.3 Å². The van der Waals surface area contributed by atoms with Crippen molar-refractivity contribution < 1.29 is 17.9 Å². The molecule has 0 saturated carbocycles. The molecule has 3 N–H and O–H groups in total. The zero-order chi connectivity index (χ0) is 24.5. The zero-order valence-corrected chi connectivity index (χ0v) is 20.2. The fraction of sp³-hybridized carbons (Fsp3) is 0.208. The molecular weight excluding hydrogens is 476 g/mol. The summed E-state index contributed by atoms with van der Waals surface area (Å²) in [4.78, 5) is 14.9. The van der Waals surface area contributed by atoms with E-state index in [0.29, 0.717) is 23.0 Å². The summed E-state index contributed by atoms with van der Waals surface area (Å²) in [6.45, 7) is 2.54. The minimum atomic E-state index is -3.30. The number of nitrogens with zero attached hydrogens (tertiary/aromatic N) is 1. The molecule has 10 heteroatoms. The van der Waals surface area contributed by atoms with E-state index in [9.17, 15) is 13.2 Å². The first-order valence-electron chi connectivity index (χ1n) is 10.4. The molecule has 0 spiro atoms. The van der Waals surface area contributed by atoms with Crippen molar-refractivity contribution in [3.05, 3.63) is 82.0 Å². The molecule has 176 valence electrons. The summed E-state index contributed by atoms with van der Waals surface area (Å²) in [5.74, 6) is -0.0589. The molecule has 0 saturated heterocycles. The maximum atomic E-state index is 13.3. The number of nitrogens with one attached hydrogen (secondary N) is 3. The summed E-state index contributed by atoms with van der Waals surface area (Å²) in [5, 5.41) is 11.8. The Hall–Kier alpha value is -3.36. The van der Waals surface area contributed by atoms with E-state index in [-0.39, 0.29) is 36.2 Å². The summed E-state index contributed by atoms with van der Waals surface area (Å²) in [7, 11) is -3.30. The molecule has 2 aromatic rings. The molecule has 8 nitrogen and oxygen atoms in total. The van der Waals surface area contributed by atoms with Gasteiger partial charge in [-0.2, -0.15) is 0 Å². The van der Waals surface area contributed by atoms with E-state index in [1.165, 1.54) is 6.08 Å². The number of carbonyl (C=O) groups is 1. The smallest absolute Gasteiger partial charge is 0.266 e. The summed E-state index contributed by atoms with van der Waals surface area (Å²) in [6, 6.07) is 12.7. The maximum Gasteiger partial charge on any atom is 0.266 e. The van der Waals surface area contributed by atoms with Crippen LogP contribution in [0.25, 0.3) is 11.1 Å². The number of ether oxygens (including phenoxy) is 1. The van der Waals surface area contributed by atoms with Crippen LogP contribution in [0.15, 0.2) is 71.4 Å². The number of halogens is 1. The molecule has 0 aliphatic carbocycles. The van der Waals surface area contributed by atoms with Crippen LogP contribution >= 0.6 is 11.6 Å². The van der Waals surface area contributed by atoms with Gasteiger partial charge < -0.3 is 15.0 Å². The van der Waals surface area contributed by atoms with Crippen molar-refractivity contribution in [1.82, 2.24) is 10.0 Å². The van der Waals surface area contributed by atoms with Gasteiger partial charge in [0.15, 0.2) is 0 Å². The molecule has 4 rings (SSSR count). The van der Waals surface area contributed by atoms with Crippen molar-refractivity contribution in [2.24, 2.45) is 0 Å². The quantitative estimate of drug-likeness (QED) is 0.547. The maximum absolute atomic E-state index is 13.3. The fourth-order valence-electron chi connectivity index (χ4n) is 3.62. The van der Waals surface area contributed by atoms with Gasteiger partial charge in [-0.15, -0.1) is 0 Å². The number of anilines is 1. The average molecular weight is 499 g/mol. The molecule has 34 heavy (non-hydrogen) atoms. The van der Waals surface area contributed by atoms with Crippen LogP contribution in [-0.2, 0) is 26.1 Å². The number of hydrogen-bond acceptors (Lipinski definition) is 6. The summed E-state index contributed by atoms with van der Waals surface area (Å²) >= 11 is 6.46. The molecule has 2 aromatic carbocycles. The van der Waals surface area contributed by atoms with Gasteiger partial charge in [-0.1, -0.05) is 41.6 Å². The molecular formula is C24H23ClN4O4S. The Kier molecular flexibility index (Phi) is 6.63. The van der Waals surface area contributed by atoms with E-state index in [1.54, 1.807) is 17.9 Å². The molecule has 2 heterocycles. The second-order valence-corrected chi connectivity index (χ2v) is 10.2. The first kappa shape index (κ1) is 23.8. The molecule has 2 aliphatic rings. The average Bonchev–Trinajstić information content (AvgIpc) is 3.03. The van der Waals surface area contributed by atoms with E-state index in [4.69, 9.17) is 21.7 Å². The third-order valence-electron chi connectivity index (χ3n) is 5.31. The lowest BCUT2D eigenvalue weighted by Gasteiger charge is -2.21. The van der Waals surface area contributed by atoms with Crippen molar-refractivity contribution in [3.8, 4) is 11.1 Å². The van der Waals surface area contributed by atoms with Gasteiger partial charge >= 0.3 is 0 Å². The van der Waals surface area contributed by atoms with Gasteiger partial charge in [0, 0.05) is 28.9 Å². The molecule has 1 amide bonds. The highest BCUT2D eigenvalue weighted by molar-refractivity contribution is 7.88. The normalized spacial score (nSPS) is 16.3. The molecule has 0 bridgehead atoms. The number of carbonyl (C=O) groups excluding carboxylic acids is 1. The molecule has 0 fully saturated rings. The van der Waals surface area contributed by atoms with Gasteiger partial charge in [0.1, 0.15) is 12.2 Å². The SMILES string of the molecule is CC1=C=CC(=N)C2=C(N1)OCCN(c1ccc(-c3ccc(CNS(C)(=O)=O)cc3Cl)cc1)C2=O. The fourth-order valence-corrected chi connectivity index (χ4v) is 4.37. The van der Waals surface area contributed by atoms with E-state index in [2.05, 4.69) is 15.8 Å². The highest BCUT2D eigenvalue weighted by atomic mass is 35.5. The van der Waals surface area contributed by atoms with Crippen LogP contribution in [0, 0.1) is 5.41 Å². The highest BCUT2D eigenvalue weighted by Gasteiger charge is 2.30. The minimum absolute atomic E-state index is 0.0325. The van der Waals surface area contributed by atoms with Crippen LogP contribution in [0.4, 0.5) is 5.69 Å². The van der Waals surface area contributed by atoms with Crippen LogP contribution in [-0.4, -0.2) is 39.4 Å². The van der Waals surface area contributed by atoms with Gasteiger partial charge in [0.25, 0.3) is 5.91 Å².